The van der Waals surface area contributed by atoms with Crippen LogP contribution in [0.15, 0.2) is 24.3 Å². The summed E-state index contributed by atoms with van der Waals surface area (Å²) >= 11 is 0. The third-order valence-corrected chi connectivity index (χ3v) is 6.88. The lowest BCUT2D eigenvalue weighted by molar-refractivity contribution is -0.127. The molecule has 1 N–H and O–H groups in total. The first-order valence-electron chi connectivity index (χ1n) is 11.1. The molecule has 4 rings (SSSR count). The number of benzene rings is 1. The highest BCUT2D eigenvalue weighted by molar-refractivity contribution is 5.94. The van der Waals surface area contributed by atoms with Crippen LogP contribution >= 0.6 is 0 Å². The van der Waals surface area contributed by atoms with Crippen LogP contribution in [0.1, 0.15) is 68.1 Å². The van der Waals surface area contributed by atoms with Gasteiger partial charge in [-0.3, -0.25) is 9.59 Å². The molecule has 1 aromatic carbocycles. The number of ether oxygens (including phenoxy) is 1. The molecular weight excluding hydrogens is 371 g/mol. The maximum Gasteiger partial charge on any atom is 0.256 e. The van der Waals surface area contributed by atoms with E-state index in [-0.39, 0.29) is 35.0 Å². The van der Waals surface area contributed by atoms with Crippen LogP contribution in [0.3, 0.4) is 0 Å². The largest absolute Gasteiger partial charge is 0.370 e. The Labute approximate surface area is 172 Å². The Morgan fingerprint density at radius 1 is 1.07 bits per heavy atom. The van der Waals surface area contributed by atoms with Crippen LogP contribution < -0.4 is 5.32 Å². The van der Waals surface area contributed by atoms with Crippen LogP contribution in [0.2, 0.25) is 0 Å². The highest BCUT2D eigenvalue weighted by atomic mass is 19.1. The zero-order chi connectivity index (χ0) is 20.3. The normalized spacial score (nSPS) is 24.6. The second kappa shape index (κ2) is 8.82. The number of nitrogens with one attached hydrogen (secondary N) is 1. The number of piperidine rings is 1. The molecule has 1 unspecified atom stereocenters. The summed E-state index contributed by atoms with van der Waals surface area (Å²) in [4.78, 5) is 26.7. The monoisotopic (exact) mass is 402 g/mol. The molecule has 1 aromatic rings. The quantitative estimate of drug-likeness (QED) is 0.836. The summed E-state index contributed by atoms with van der Waals surface area (Å²) in [5.41, 5.74) is -0.0641. The standard InChI is InChI=1S/C23H31FN2O3/c24-20-9-5-4-8-19(20)22(28)26-14-12-23(13-15-26)11-10-18(29-23)16-25-21(27)17-6-2-1-3-7-17/h4-5,8-9,17-18H,1-3,6-7,10-16H2,(H,25,27). The van der Waals surface area contributed by atoms with E-state index in [0.29, 0.717) is 19.6 Å². The Hall–Kier alpha value is -1.95. The second-order valence-corrected chi connectivity index (χ2v) is 8.81. The van der Waals surface area contributed by atoms with E-state index in [0.717, 1.165) is 51.4 Å². The number of carbonyl (C=O) groups is 2. The van der Waals surface area contributed by atoms with E-state index in [9.17, 15) is 14.0 Å². The molecule has 0 radical (unpaired) electrons. The second-order valence-electron chi connectivity index (χ2n) is 8.81. The van der Waals surface area contributed by atoms with Crippen molar-refractivity contribution in [3.05, 3.63) is 35.6 Å². The molecule has 29 heavy (non-hydrogen) atoms. The molecule has 1 spiro atoms. The number of hydrogen-bond donors (Lipinski definition) is 1. The topological polar surface area (TPSA) is 58.6 Å². The van der Waals surface area contributed by atoms with E-state index in [4.69, 9.17) is 4.74 Å². The van der Waals surface area contributed by atoms with Crippen LogP contribution in [0.5, 0.6) is 0 Å². The Morgan fingerprint density at radius 2 is 1.79 bits per heavy atom. The zero-order valence-electron chi connectivity index (χ0n) is 17.0. The molecule has 2 amide bonds. The molecular formula is C23H31FN2O3. The lowest BCUT2D eigenvalue weighted by Crippen LogP contribution is -2.47. The van der Waals surface area contributed by atoms with Crippen molar-refractivity contribution in [2.75, 3.05) is 19.6 Å². The Morgan fingerprint density at radius 3 is 2.52 bits per heavy atom. The average molecular weight is 403 g/mol. The van der Waals surface area contributed by atoms with Crippen molar-refractivity contribution in [3.63, 3.8) is 0 Å². The van der Waals surface area contributed by atoms with Crippen molar-refractivity contribution < 1.29 is 18.7 Å². The molecule has 0 bridgehead atoms. The predicted octanol–water partition coefficient (Wildman–Crippen LogP) is 3.68. The summed E-state index contributed by atoms with van der Waals surface area (Å²) < 4.78 is 20.3. The maximum atomic E-state index is 13.9. The third-order valence-electron chi connectivity index (χ3n) is 6.88. The smallest absolute Gasteiger partial charge is 0.256 e. The summed E-state index contributed by atoms with van der Waals surface area (Å²) in [6.45, 7) is 1.73. The van der Waals surface area contributed by atoms with E-state index in [1.165, 1.54) is 12.5 Å². The van der Waals surface area contributed by atoms with E-state index >= 15 is 0 Å². The maximum absolute atomic E-state index is 13.9. The van der Waals surface area contributed by atoms with Crippen LogP contribution in [0, 0.1) is 11.7 Å². The van der Waals surface area contributed by atoms with Gasteiger partial charge in [0, 0.05) is 25.6 Å². The summed E-state index contributed by atoms with van der Waals surface area (Å²) in [5, 5.41) is 3.10. The van der Waals surface area contributed by atoms with Gasteiger partial charge in [0.1, 0.15) is 5.82 Å². The predicted molar refractivity (Wildman–Crippen MR) is 108 cm³/mol. The van der Waals surface area contributed by atoms with E-state index < -0.39 is 5.82 Å². The zero-order valence-corrected chi connectivity index (χ0v) is 17.0. The SMILES string of the molecule is O=C(NCC1CCC2(CCN(C(=O)c3ccccc3F)CC2)O1)C1CCCCC1. The van der Waals surface area contributed by atoms with Gasteiger partial charge in [0.2, 0.25) is 5.91 Å². The summed E-state index contributed by atoms with van der Waals surface area (Å²) in [6, 6.07) is 6.15. The van der Waals surface area contributed by atoms with Gasteiger partial charge in [-0.15, -0.1) is 0 Å². The van der Waals surface area contributed by atoms with Crippen molar-refractivity contribution in [3.8, 4) is 0 Å². The first-order chi connectivity index (χ1) is 14.1. The van der Waals surface area contributed by atoms with Gasteiger partial charge in [-0.2, -0.15) is 0 Å². The summed E-state index contributed by atoms with van der Waals surface area (Å²) in [6.07, 6.45) is 9.04. The first kappa shape index (κ1) is 20.3. The number of amides is 2. The third kappa shape index (κ3) is 4.63. The Bertz CT molecular complexity index is 739. The molecule has 2 aliphatic heterocycles. The van der Waals surface area contributed by atoms with Gasteiger partial charge in [-0.05, 0) is 50.7 Å². The Balaban J connectivity index is 1.25. The summed E-state index contributed by atoms with van der Waals surface area (Å²) in [7, 11) is 0. The van der Waals surface area contributed by atoms with E-state index in [2.05, 4.69) is 5.32 Å². The molecule has 3 aliphatic rings. The molecule has 3 fully saturated rings. The fourth-order valence-electron chi connectivity index (χ4n) is 5.05. The van der Waals surface area contributed by atoms with Gasteiger partial charge in [0.25, 0.3) is 5.91 Å². The molecule has 1 atom stereocenters. The average Bonchev–Trinajstić information content (AvgIpc) is 3.15. The molecule has 2 saturated heterocycles. The minimum atomic E-state index is -0.469. The van der Waals surface area contributed by atoms with E-state index in [1.807, 2.05) is 0 Å². The van der Waals surface area contributed by atoms with Gasteiger partial charge in [-0.1, -0.05) is 31.4 Å². The molecule has 6 heteroatoms. The highest BCUT2D eigenvalue weighted by Gasteiger charge is 2.43. The molecule has 158 valence electrons. The van der Waals surface area contributed by atoms with Crippen molar-refractivity contribution in [2.45, 2.75) is 69.5 Å². The lowest BCUT2D eigenvalue weighted by Gasteiger charge is -2.39. The fourth-order valence-corrected chi connectivity index (χ4v) is 5.05. The highest BCUT2D eigenvalue weighted by Crippen LogP contribution is 2.39. The molecule has 0 aromatic heterocycles. The number of likely N-dealkylation sites (tertiary alicyclic amines) is 1. The van der Waals surface area contributed by atoms with Crippen LogP contribution in [-0.4, -0.2) is 48.1 Å². The number of halogens is 1. The van der Waals surface area contributed by atoms with E-state index in [1.54, 1.807) is 23.1 Å². The van der Waals surface area contributed by atoms with Crippen molar-refractivity contribution >= 4 is 11.8 Å². The number of carbonyl (C=O) groups excluding carboxylic acids is 2. The van der Waals surface area contributed by atoms with Gasteiger partial charge < -0.3 is 15.0 Å². The summed E-state index contributed by atoms with van der Waals surface area (Å²) in [5.74, 6) is -0.359. The molecule has 5 nitrogen and oxygen atoms in total. The number of hydrogen-bond acceptors (Lipinski definition) is 3. The van der Waals surface area contributed by atoms with Crippen molar-refractivity contribution in [1.82, 2.24) is 10.2 Å². The van der Waals surface area contributed by atoms with Gasteiger partial charge in [0.15, 0.2) is 0 Å². The lowest BCUT2D eigenvalue weighted by atomic mass is 9.88. The van der Waals surface area contributed by atoms with Crippen LogP contribution in [0.4, 0.5) is 4.39 Å². The number of rotatable bonds is 4. The number of nitrogens with zero attached hydrogens (tertiary/aromatic N) is 1. The van der Waals surface area contributed by atoms with Crippen molar-refractivity contribution in [1.29, 1.82) is 0 Å². The Kier molecular flexibility index (Phi) is 6.18. The van der Waals surface area contributed by atoms with Gasteiger partial charge >= 0.3 is 0 Å². The first-order valence-corrected chi connectivity index (χ1v) is 11.1. The molecule has 2 heterocycles. The van der Waals surface area contributed by atoms with Gasteiger partial charge in [0.05, 0.1) is 17.3 Å². The minimum absolute atomic E-state index is 0.0522. The van der Waals surface area contributed by atoms with Crippen LogP contribution in [-0.2, 0) is 9.53 Å². The minimum Gasteiger partial charge on any atom is -0.370 e. The molecule has 1 aliphatic carbocycles. The van der Waals surface area contributed by atoms with Crippen LogP contribution in [0.25, 0.3) is 0 Å². The molecule has 1 saturated carbocycles. The van der Waals surface area contributed by atoms with Crippen molar-refractivity contribution in [2.24, 2.45) is 5.92 Å². The fraction of sp³-hybridized carbons (Fsp3) is 0.652. The van der Waals surface area contributed by atoms with Gasteiger partial charge in [-0.25, -0.2) is 4.39 Å².